The Kier molecular flexibility index (Phi) is 4.84. The minimum absolute atomic E-state index is 0.0459. The standard InChI is InChI=1S/C19H21F3N2O2S/c1-18(2)15(9-10-16-14(19(20,21)22)4-3-11-24-16)17(18)12-5-7-13(8-6-12)27(23,25)26/h3-8,11,15,17H,9-10H2,1-2H3,(H2,23,25,26). The van der Waals surface area contributed by atoms with E-state index in [0.29, 0.717) is 6.42 Å². The fraction of sp³-hybridized carbons (Fsp3) is 0.421. The highest BCUT2D eigenvalue weighted by molar-refractivity contribution is 7.89. The summed E-state index contributed by atoms with van der Waals surface area (Å²) in [5.74, 6) is 0.353. The van der Waals surface area contributed by atoms with Crippen molar-refractivity contribution in [3.05, 3.63) is 59.4 Å². The topological polar surface area (TPSA) is 73.0 Å². The molecule has 27 heavy (non-hydrogen) atoms. The number of hydrogen-bond donors (Lipinski definition) is 1. The van der Waals surface area contributed by atoms with Crippen molar-refractivity contribution in [2.24, 2.45) is 16.5 Å². The minimum Gasteiger partial charge on any atom is -0.261 e. The van der Waals surface area contributed by atoms with Gasteiger partial charge in [0.15, 0.2) is 0 Å². The lowest BCUT2D eigenvalue weighted by molar-refractivity contribution is -0.138. The second kappa shape index (κ2) is 6.60. The molecule has 1 aromatic heterocycles. The molecule has 1 aromatic carbocycles. The van der Waals surface area contributed by atoms with Gasteiger partial charge in [0.05, 0.1) is 16.2 Å². The molecule has 2 N–H and O–H groups in total. The zero-order valence-corrected chi connectivity index (χ0v) is 15.8. The molecule has 1 aliphatic rings. The summed E-state index contributed by atoms with van der Waals surface area (Å²) < 4.78 is 62.1. The second-order valence-corrected chi connectivity index (χ2v) is 9.12. The second-order valence-electron chi connectivity index (χ2n) is 7.55. The summed E-state index contributed by atoms with van der Waals surface area (Å²) in [5, 5.41) is 5.11. The molecule has 1 saturated carbocycles. The fourth-order valence-electron chi connectivity index (χ4n) is 4.00. The lowest BCUT2D eigenvalue weighted by atomic mass is 10.0. The highest BCUT2D eigenvalue weighted by atomic mass is 32.2. The number of aromatic nitrogens is 1. The summed E-state index contributed by atoms with van der Waals surface area (Å²) in [5.41, 5.74) is 0.277. The molecule has 0 spiro atoms. The van der Waals surface area contributed by atoms with Crippen LogP contribution in [0.3, 0.4) is 0 Å². The van der Waals surface area contributed by atoms with E-state index in [0.717, 1.165) is 11.6 Å². The van der Waals surface area contributed by atoms with E-state index in [9.17, 15) is 21.6 Å². The average molecular weight is 398 g/mol. The SMILES string of the molecule is CC1(C)C(CCc2ncccc2C(F)(F)F)C1c1ccc(S(N)(=O)=O)cc1. The molecule has 1 fully saturated rings. The van der Waals surface area contributed by atoms with Gasteiger partial charge in [-0.2, -0.15) is 13.2 Å². The van der Waals surface area contributed by atoms with Crippen LogP contribution in [0.5, 0.6) is 0 Å². The zero-order chi connectivity index (χ0) is 20.0. The highest BCUT2D eigenvalue weighted by Crippen LogP contribution is 2.66. The molecule has 0 amide bonds. The minimum atomic E-state index is -4.41. The molecule has 2 aromatic rings. The van der Waals surface area contributed by atoms with Gasteiger partial charge < -0.3 is 0 Å². The first-order valence-electron chi connectivity index (χ1n) is 8.56. The van der Waals surface area contributed by atoms with Crippen LogP contribution in [-0.2, 0) is 22.6 Å². The molecule has 0 saturated heterocycles. The summed E-state index contributed by atoms with van der Waals surface area (Å²) in [7, 11) is -3.75. The first-order chi connectivity index (χ1) is 12.4. The summed E-state index contributed by atoms with van der Waals surface area (Å²) in [4.78, 5) is 3.97. The molecule has 3 rings (SSSR count). The molecule has 8 heteroatoms. The van der Waals surface area contributed by atoms with Gasteiger partial charge in [-0.15, -0.1) is 0 Å². The molecule has 2 atom stereocenters. The van der Waals surface area contributed by atoms with Crippen LogP contribution in [0, 0.1) is 11.3 Å². The van der Waals surface area contributed by atoms with Gasteiger partial charge in [-0.05, 0) is 59.9 Å². The first kappa shape index (κ1) is 19.8. The third-order valence-electron chi connectivity index (χ3n) is 5.51. The molecule has 0 radical (unpaired) electrons. The Morgan fingerprint density at radius 2 is 1.78 bits per heavy atom. The van der Waals surface area contributed by atoms with E-state index < -0.39 is 21.8 Å². The largest absolute Gasteiger partial charge is 0.418 e. The molecule has 0 bridgehead atoms. The van der Waals surface area contributed by atoms with Crippen LogP contribution in [0.4, 0.5) is 13.2 Å². The highest BCUT2D eigenvalue weighted by Gasteiger charge is 2.57. The van der Waals surface area contributed by atoms with E-state index in [-0.39, 0.29) is 34.3 Å². The lowest BCUT2D eigenvalue weighted by Gasteiger charge is -2.11. The van der Waals surface area contributed by atoms with Crippen molar-refractivity contribution in [2.45, 2.75) is 43.7 Å². The predicted molar refractivity (Wildman–Crippen MR) is 95.4 cm³/mol. The fourth-order valence-corrected chi connectivity index (χ4v) is 4.51. The maximum Gasteiger partial charge on any atom is 0.418 e. The normalized spacial score (nSPS) is 21.9. The van der Waals surface area contributed by atoms with Gasteiger partial charge in [0, 0.05) is 6.20 Å². The van der Waals surface area contributed by atoms with E-state index in [1.54, 1.807) is 12.1 Å². The molecular weight excluding hydrogens is 377 g/mol. The Bertz CT molecular complexity index is 938. The maximum absolute atomic E-state index is 13.1. The van der Waals surface area contributed by atoms with Crippen LogP contribution in [0.1, 0.15) is 43.0 Å². The van der Waals surface area contributed by atoms with Crippen molar-refractivity contribution in [1.29, 1.82) is 0 Å². The zero-order valence-electron chi connectivity index (χ0n) is 15.0. The van der Waals surface area contributed by atoms with Crippen LogP contribution in [0.2, 0.25) is 0 Å². The van der Waals surface area contributed by atoms with Crippen LogP contribution in [0.15, 0.2) is 47.5 Å². The van der Waals surface area contributed by atoms with E-state index in [1.165, 1.54) is 24.4 Å². The first-order valence-corrected chi connectivity index (χ1v) is 10.1. The van der Waals surface area contributed by atoms with Crippen molar-refractivity contribution in [3.8, 4) is 0 Å². The van der Waals surface area contributed by atoms with Gasteiger partial charge in [-0.3, -0.25) is 4.98 Å². The van der Waals surface area contributed by atoms with Gasteiger partial charge in [0.1, 0.15) is 0 Å². The molecule has 0 aliphatic heterocycles. The van der Waals surface area contributed by atoms with Gasteiger partial charge >= 0.3 is 6.18 Å². The van der Waals surface area contributed by atoms with Crippen molar-refractivity contribution >= 4 is 10.0 Å². The number of nitrogens with two attached hydrogens (primary N) is 1. The number of hydrogen-bond acceptors (Lipinski definition) is 3. The molecule has 146 valence electrons. The monoisotopic (exact) mass is 398 g/mol. The summed E-state index contributed by atoms with van der Waals surface area (Å²) in [6.07, 6.45) is -2.21. The van der Waals surface area contributed by atoms with E-state index in [2.05, 4.69) is 18.8 Å². The van der Waals surface area contributed by atoms with Crippen LogP contribution in [0.25, 0.3) is 0 Å². The van der Waals surface area contributed by atoms with Crippen LogP contribution >= 0.6 is 0 Å². The van der Waals surface area contributed by atoms with Crippen molar-refractivity contribution in [1.82, 2.24) is 4.98 Å². The Balaban J connectivity index is 1.74. The predicted octanol–water partition coefficient (Wildman–Crippen LogP) is 4.12. The Morgan fingerprint density at radius 3 is 2.33 bits per heavy atom. The number of pyridine rings is 1. The van der Waals surface area contributed by atoms with Crippen molar-refractivity contribution < 1.29 is 21.6 Å². The van der Waals surface area contributed by atoms with E-state index >= 15 is 0 Å². The Labute approximate surface area is 156 Å². The maximum atomic E-state index is 13.1. The van der Waals surface area contributed by atoms with Crippen LogP contribution in [-0.4, -0.2) is 13.4 Å². The number of aryl methyl sites for hydroxylation is 1. The van der Waals surface area contributed by atoms with Gasteiger partial charge in [-0.1, -0.05) is 26.0 Å². The number of nitrogens with zero attached hydrogens (tertiary/aromatic N) is 1. The third kappa shape index (κ3) is 4.01. The Hall–Kier alpha value is -1.93. The molecule has 1 heterocycles. The smallest absolute Gasteiger partial charge is 0.261 e. The summed E-state index contributed by atoms with van der Waals surface area (Å²) >= 11 is 0. The number of halogens is 3. The van der Waals surface area contributed by atoms with E-state index in [4.69, 9.17) is 5.14 Å². The Morgan fingerprint density at radius 1 is 1.15 bits per heavy atom. The van der Waals surface area contributed by atoms with Gasteiger partial charge in [-0.25, -0.2) is 13.6 Å². The number of sulfonamides is 1. The lowest BCUT2D eigenvalue weighted by Crippen LogP contribution is -2.11. The molecule has 1 aliphatic carbocycles. The molecule has 2 unspecified atom stereocenters. The van der Waals surface area contributed by atoms with E-state index in [1.807, 2.05) is 0 Å². The van der Waals surface area contributed by atoms with Gasteiger partial charge in [0.2, 0.25) is 10.0 Å². The third-order valence-corrected chi connectivity index (χ3v) is 6.44. The van der Waals surface area contributed by atoms with Crippen molar-refractivity contribution in [2.75, 3.05) is 0 Å². The molecular formula is C19H21F3N2O2S. The van der Waals surface area contributed by atoms with Crippen molar-refractivity contribution in [3.63, 3.8) is 0 Å². The number of alkyl halides is 3. The number of primary sulfonamides is 1. The van der Waals surface area contributed by atoms with Gasteiger partial charge in [0.25, 0.3) is 0 Å². The number of benzene rings is 1. The summed E-state index contributed by atoms with van der Waals surface area (Å²) in [6.45, 7) is 4.14. The molecule has 4 nitrogen and oxygen atoms in total. The quantitative estimate of drug-likeness (QED) is 0.823. The summed E-state index contributed by atoms with van der Waals surface area (Å²) in [6, 6.07) is 8.75. The number of rotatable bonds is 5. The van der Waals surface area contributed by atoms with Crippen LogP contribution < -0.4 is 5.14 Å². The average Bonchev–Trinajstić information content (AvgIpc) is 3.12.